The second-order valence-corrected chi connectivity index (χ2v) is 7.29. The predicted molar refractivity (Wildman–Crippen MR) is 79.0 cm³/mol. The summed E-state index contributed by atoms with van der Waals surface area (Å²) in [5, 5.41) is 15.3. The summed E-state index contributed by atoms with van der Waals surface area (Å²) in [4.78, 5) is 23.4. The first-order valence-electron chi connectivity index (χ1n) is 8.37. The summed E-state index contributed by atoms with van der Waals surface area (Å²) in [6, 6.07) is 0.143. The van der Waals surface area contributed by atoms with Crippen molar-refractivity contribution >= 4 is 12.0 Å². The SMILES string of the molecule is O=C(O)CC1(NC(=O)NC2CC3CCC2C3)CCCCC1. The van der Waals surface area contributed by atoms with Crippen LogP contribution in [-0.2, 0) is 4.79 Å². The van der Waals surface area contributed by atoms with Gasteiger partial charge >= 0.3 is 12.0 Å². The van der Waals surface area contributed by atoms with Crippen LogP contribution in [-0.4, -0.2) is 28.7 Å². The van der Waals surface area contributed by atoms with Crippen LogP contribution in [0.2, 0.25) is 0 Å². The molecule has 2 amide bonds. The molecule has 3 N–H and O–H groups in total. The summed E-state index contributed by atoms with van der Waals surface area (Å²) in [6.45, 7) is 0. The molecular formula is C16H26N2O3. The van der Waals surface area contributed by atoms with Crippen molar-refractivity contribution in [3.8, 4) is 0 Å². The fraction of sp³-hybridized carbons (Fsp3) is 0.875. The van der Waals surface area contributed by atoms with Crippen molar-refractivity contribution in [2.45, 2.75) is 75.8 Å². The van der Waals surface area contributed by atoms with Crippen LogP contribution in [0.5, 0.6) is 0 Å². The van der Waals surface area contributed by atoms with Gasteiger partial charge in [-0.05, 0) is 43.9 Å². The van der Waals surface area contributed by atoms with Crippen molar-refractivity contribution in [2.75, 3.05) is 0 Å². The molecule has 0 aromatic heterocycles. The highest BCUT2D eigenvalue weighted by molar-refractivity contribution is 5.77. The second-order valence-electron chi connectivity index (χ2n) is 7.29. The van der Waals surface area contributed by atoms with E-state index in [1.807, 2.05) is 0 Å². The highest BCUT2D eigenvalue weighted by Gasteiger charge is 2.41. The molecule has 2 bridgehead atoms. The number of rotatable bonds is 4. The van der Waals surface area contributed by atoms with Crippen LogP contribution in [0.4, 0.5) is 4.79 Å². The summed E-state index contributed by atoms with van der Waals surface area (Å²) in [7, 11) is 0. The highest BCUT2D eigenvalue weighted by Crippen LogP contribution is 2.44. The number of hydrogen-bond acceptors (Lipinski definition) is 2. The second kappa shape index (κ2) is 5.85. The van der Waals surface area contributed by atoms with Crippen molar-refractivity contribution in [3.05, 3.63) is 0 Å². The third kappa shape index (κ3) is 3.33. The Morgan fingerprint density at radius 1 is 1.10 bits per heavy atom. The molecule has 3 rings (SSSR count). The van der Waals surface area contributed by atoms with Crippen LogP contribution in [0.3, 0.4) is 0 Å². The normalized spacial score (nSPS) is 33.6. The minimum Gasteiger partial charge on any atom is -0.481 e. The summed E-state index contributed by atoms with van der Waals surface area (Å²) in [5.41, 5.74) is -0.536. The van der Waals surface area contributed by atoms with Gasteiger partial charge in [-0.25, -0.2) is 4.79 Å². The predicted octanol–water partition coefficient (Wildman–Crippen LogP) is 2.65. The van der Waals surface area contributed by atoms with E-state index >= 15 is 0 Å². The molecule has 3 fully saturated rings. The van der Waals surface area contributed by atoms with Crippen LogP contribution in [0.25, 0.3) is 0 Å². The number of hydrogen-bond donors (Lipinski definition) is 3. The third-order valence-electron chi connectivity index (χ3n) is 5.73. The van der Waals surface area contributed by atoms with Gasteiger partial charge < -0.3 is 15.7 Å². The molecule has 118 valence electrons. The largest absolute Gasteiger partial charge is 0.481 e. The zero-order valence-corrected chi connectivity index (χ0v) is 12.6. The van der Waals surface area contributed by atoms with Crippen LogP contribution >= 0.6 is 0 Å². The maximum absolute atomic E-state index is 12.3. The van der Waals surface area contributed by atoms with Gasteiger partial charge in [-0.3, -0.25) is 4.79 Å². The zero-order valence-electron chi connectivity index (χ0n) is 12.6. The lowest BCUT2D eigenvalue weighted by Gasteiger charge is -2.37. The molecule has 0 spiro atoms. The van der Waals surface area contributed by atoms with E-state index in [1.165, 1.54) is 19.3 Å². The standard InChI is InChI=1S/C16H26N2O3/c19-14(20)10-16(6-2-1-3-7-16)18-15(21)17-13-9-11-4-5-12(13)8-11/h11-13H,1-10H2,(H,19,20)(H2,17,18,21). The number of fused-ring (bicyclic) bond motifs is 2. The molecule has 3 atom stereocenters. The van der Waals surface area contributed by atoms with Gasteiger partial charge in [-0.15, -0.1) is 0 Å². The van der Waals surface area contributed by atoms with E-state index in [0.29, 0.717) is 12.0 Å². The van der Waals surface area contributed by atoms with E-state index in [-0.39, 0.29) is 12.5 Å². The van der Waals surface area contributed by atoms with Gasteiger partial charge in [0.1, 0.15) is 0 Å². The average Bonchev–Trinajstić information content (AvgIpc) is 3.00. The fourth-order valence-electron chi connectivity index (χ4n) is 4.73. The molecule has 0 aromatic rings. The van der Waals surface area contributed by atoms with Gasteiger partial charge in [0.15, 0.2) is 0 Å². The Balaban J connectivity index is 1.57. The molecule has 3 aliphatic rings. The van der Waals surface area contributed by atoms with E-state index in [2.05, 4.69) is 10.6 Å². The molecule has 5 nitrogen and oxygen atoms in total. The Bertz CT molecular complexity index is 418. The van der Waals surface area contributed by atoms with Gasteiger partial charge in [-0.1, -0.05) is 25.7 Å². The molecule has 0 saturated heterocycles. The molecule has 21 heavy (non-hydrogen) atoms. The molecule has 0 radical (unpaired) electrons. The maximum atomic E-state index is 12.3. The Labute approximate surface area is 125 Å². The first-order valence-corrected chi connectivity index (χ1v) is 8.37. The zero-order chi connectivity index (χ0) is 14.9. The van der Waals surface area contributed by atoms with Gasteiger partial charge in [0.2, 0.25) is 0 Å². The van der Waals surface area contributed by atoms with Crippen LogP contribution in [0.1, 0.15) is 64.2 Å². The summed E-state index contributed by atoms with van der Waals surface area (Å²) >= 11 is 0. The van der Waals surface area contributed by atoms with Crippen molar-refractivity contribution in [1.82, 2.24) is 10.6 Å². The van der Waals surface area contributed by atoms with Crippen LogP contribution in [0.15, 0.2) is 0 Å². The summed E-state index contributed by atoms with van der Waals surface area (Å²) in [6.07, 6.45) is 9.64. The quantitative estimate of drug-likeness (QED) is 0.746. The van der Waals surface area contributed by atoms with E-state index in [0.717, 1.165) is 44.4 Å². The van der Waals surface area contributed by atoms with Crippen molar-refractivity contribution < 1.29 is 14.7 Å². The molecular weight excluding hydrogens is 268 g/mol. The Morgan fingerprint density at radius 3 is 2.43 bits per heavy atom. The number of nitrogens with one attached hydrogen (secondary N) is 2. The number of carboxylic acids is 1. The molecule has 0 heterocycles. The molecule has 3 saturated carbocycles. The monoisotopic (exact) mass is 294 g/mol. The number of carbonyl (C=O) groups excluding carboxylic acids is 1. The molecule has 5 heteroatoms. The lowest BCUT2D eigenvalue weighted by Crippen LogP contribution is -2.56. The van der Waals surface area contributed by atoms with Gasteiger partial charge in [0.05, 0.1) is 12.0 Å². The first-order chi connectivity index (χ1) is 10.1. The Morgan fingerprint density at radius 2 is 1.86 bits per heavy atom. The van der Waals surface area contributed by atoms with Crippen LogP contribution in [0, 0.1) is 11.8 Å². The van der Waals surface area contributed by atoms with Gasteiger partial charge in [-0.2, -0.15) is 0 Å². The Kier molecular flexibility index (Phi) is 4.09. The lowest BCUT2D eigenvalue weighted by atomic mass is 9.79. The number of urea groups is 1. The Hall–Kier alpha value is -1.26. The average molecular weight is 294 g/mol. The topological polar surface area (TPSA) is 78.4 Å². The van der Waals surface area contributed by atoms with E-state index in [1.54, 1.807) is 0 Å². The smallest absolute Gasteiger partial charge is 0.315 e. The lowest BCUT2D eigenvalue weighted by molar-refractivity contribution is -0.139. The molecule has 3 unspecified atom stereocenters. The van der Waals surface area contributed by atoms with E-state index in [4.69, 9.17) is 5.11 Å². The van der Waals surface area contributed by atoms with E-state index < -0.39 is 11.5 Å². The summed E-state index contributed by atoms with van der Waals surface area (Å²) in [5.74, 6) is 0.614. The van der Waals surface area contributed by atoms with Crippen molar-refractivity contribution in [1.29, 1.82) is 0 Å². The molecule has 0 aromatic carbocycles. The third-order valence-corrected chi connectivity index (χ3v) is 5.73. The maximum Gasteiger partial charge on any atom is 0.315 e. The highest BCUT2D eigenvalue weighted by atomic mass is 16.4. The fourth-order valence-corrected chi connectivity index (χ4v) is 4.73. The van der Waals surface area contributed by atoms with Gasteiger partial charge in [0, 0.05) is 6.04 Å². The molecule has 3 aliphatic carbocycles. The summed E-state index contributed by atoms with van der Waals surface area (Å²) < 4.78 is 0. The minimum atomic E-state index is -0.822. The number of carbonyl (C=O) groups is 2. The van der Waals surface area contributed by atoms with Crippen molar-refractivity contribution in [2.24, 2.45) is 11.8 Å². The number of amides is 2. The minimum absolute atomic E-state index is 0.0388. The van der Waals surface area contributed by atoms with Gasteiger partial charge in [0.25, 0.3) is 0 Å². The molecule has 0 aliphatic heterocycles. The first kappa shape index (κ1) is 14.7. The van der Waals surface area contributed by atoms with Crippen LogP contribution < -0.4 is 10.6 Å². The number of carboxylic acid groups (broad SMARTS) is 1. The van der Waals surface area contributed by atoms with E-state index in [9.17, 15) is 9.59 Å². The van der Waals surface area contributed by atoms with Crippen molar-refractivity contribution in [3.63, 3.8) is 0 Å². The number of aliphatic carboxylic acids is 1.